The topological polar surface area (TPSA) is 24.8 Å². The number of rotatable bonds is 2. The van der Waals surface area contributed by atoms with E-state index in [-0.39, 0.29) is 11.9 Å². The molecule has 0 spiro atoms. The van der Waals surface area contributed by atoms with Crippen LogP contribution in [0.2, 0.25) is 10.0 Å². The Morgan fingerprint density at radius 1 is 1.00 bits per heavy atom. The first-order valence-electron chi connectivity index (χ1n) is 9.02. The number of hydrazone groups is 1. The third-order valence-electron chi connectivity index (χ3n) is 5.16. The Balaban J connectivity index is 1.62. The van der Waals surface area contributed by atoms with Crippen LogP contribution in [0.4, 0.5) is 4.39 Å². The van der Waals surface area contributed by atoms with E-state index < -0.39 is 6.23 Å². The molecule has 7 heteroatoms. The average molecular weight is 492 g/mol. The van der Waals surface area contributed by atoms with Gasteiger partial charge in [0.2, 0.25) is 6.23 Å². The van der Waals surface area contributed by atoms with E-state index in [2.05, 4.69) is 22.0 Å². The van der Waals surface area contributed by atoms with E-state index in [0.717, 1.165) is 32.6 Å². The van der Waals surface area contributed by atoms with Crippen LogP contribution in [0.5, 0.6) is 5.75 Å². The zero-order valence-corrected chi connectivity index (χ0v) is 18.0. The fourth-order valence-electron chi connectivity index (χ4n) is 3.78. The van der Waals surface area contributed by atoms with Crippen molar-refractivity contribution in [2.24, 2.45) is 5.10 Å². The zero-order valence-electron chi connectivity index (χ0n) is 14.9. The first-order chi connectivity index (χ1) is 14.0. The van der Waals surface area contributed by atoms with Gasteiger partial charge in [0.15, 0.2) is 0 Å². The second-order valence-electron chi connectivity index (χ2n) is 6.97. The lowest BCUT2D eigenvalue weighted by atomic mass is 9.96. The van der Waals surface area contributed by atoms with Gasteiger partial charge in [0.25, 0.3) is 0 Å². The molecule has 0 bridgehead atoms. The lowest BCUT2D eigenvalue weighted by Crippen LogP contribution is -2.33. The van der Waals surface area contributed by atoms with Crippen LogP contribution < -0.4 is 4.74 Å². The molecular formula is C22H14BrCl2FN2O. The number of ether oxygens (including phenoxy) is 1. The number of fused-ring (bicyclic) bond motifs is 3. The summed E-state index contributed by atoms with van der Waals surface area (Å²) in [4.78, 5) is 0. The summed E-state index contributed by atoms with van der Waals surface area (Å²) >= 11 is 16.1. The normalized spacial score (nSPS) is 20.0. The largest absolute Gasteiger partial charge is 0.464 e. The van der Waals surface area contributed by atoms with Crippen molar-refractivity contribution >= 4 is 44.8 Å². The van der Waals surface area contributed by atoms with E-state index in [9.17, 15) is 4.39 Å². The monoisotopic (exact) mass is 490 g/mol. The van der Waals surface area contributed by atoms with Crippen molar-refractivity contribution in [3.63, 3.8) is 0 Å². The summed E-state index contributed by atoms with van der Waals surface area (Å²) in [5.41, 5.74) is 3.60. The van der Waals surface area contributed by atoms with Crippen molar-refractivity contribution in [2.75, 3.05) is 0 Å². The minimum atomic E-state index is -0.489. The summed E-state index contributed by atoms with van der Waals surface area (Å²) in [6.07, 6.45) is 0.191. The molecule has 2 heterocycles. The maximum Gasteiger partial charge on any atom is 0.215 e. The molecule has 2 unspecified atom stereocenters. The lowest BCUT2D eigenvalue weighted by molar-refractivity contribution is -0.0190. The molecule has 0 fully saturated rings. The van der Waals surface area contributed by atoms with Crippen molar-refractivity contribution in [1.82, 2.24) is 5.01 Å². The van der Waals surface area contributed by atoms with Crippen LogP contribution in [0.3, 0.4) is 0 Å². The van der Waals surface area contributed by atoms with Crippen LogP contribution in [-0.2, 0) is 0 Å². The van der Waals surface area contributed by atoms with E-state index in [1.807, 2.05) is 23.2 Å². The maximum absolute atomic E-state index is 13.4. The van der Waals surface area contributed by atoms with E-state index in [4.69, 9.17) is 33.0 Å². The number of hydrogen-bond donors (Lipinski definition) is 0. The molecule has 5 rings (SSSR count). The molecule has 3 nitrogen and oxygen atoms in total. The van der Waals surface area contributed by atoms with Gasteiger partial charge in [0.1, 0.15) is 11.6 Å². The van der Waals surface area contributed by atoms with Gasteiger partial charge >= 0.3 is 0 Å². The Hall–Kier alpha value is -2.08. The molecule has 0 aromatic heterocycles. The quantitative estimate of drug-likeness (QED) is 0.380. The highest BCUT2D eigenvalue weighted by atomic mass is 79.9. The van der Waals surface area contributed by atoms with Gasteiger partial charge in [-0.15, -0.1) is 0 Å². The van der Waals surface area contributed by atoms with Crippen LogP contribution in [0.25, 0.3) is 0 Å². The predicted octanol–water partition coefficient (Wildman–Crippen LogP) is 7.14. The Labute approximate surface area is 185 Å². The van der Waals surface area contributed by atoms with Crippen molar-refractivity contribution in [3.05, 3.63) is 97.7 Å². The second kappa shape index (κ2) is 7.31. The molecule has 0 radical (unpaired) electrons. The fourth-order valence-corrected chi connectivity index (χ4v) is 4.66. The number of nitrogens with zero attached hydrogens (tertiary/aromatic N) is 2. The molecule has 2 aliphatic rings. The third-order valence-corrected chi connectivity index (χ3v) is 6.21. The van der Waals surface area contributed by atoms with Crippen molar-refractivity contribution in [2.45, 2.75) is 18.7 Å². The minimum absolute atomic E-state index is 0.0203. The Kier molecular flexibility index (Phi) is 4.77. The van der Waals surface area contributed by atoms with Gasteiger partial charge in [-0.05, 0) is 48.0 Å². The van der Waals surface area contributed by atoms with Crippen molar-refractivity contribution in [3.8, 4) is 5.75 Å². The van der Waals surface area contributed by atoms with E-state index in [1.54, 1.807) is 24.3 Å². The highest BCUT2D eigenvalue weighted by molar-refractivity contribution is 9.10. The van der Waals surface area contributed by atoms with Gasteiger partial charge in [0, 0.05) is 27.0 Å². The Morgan fingerprint density at radius 3 is 2.55 bits per heavy atom. The van der Waals surface area contributed by atoms with E-state index >= 15 is 0 Å². The van der Waals surface area contributed by atoms with Crippen LogP contribution >= 0.6 is 39.1 Å². The molecule has 0 saturated heterocycles. The summed E-state index contributed by atoms with van der Waals surface area (Å²) in [6, 6.07) is 17.7. The highest BCUT2D eigenvalue weighted by Gasteiger charge is 2.41. The summed E-state index contributed by atoms with van der Waals surface area (Å²) in [6.45, 7) is 0. The first-order valence-corrected chi connectivity index (χ1v) is 10.6. The van der Waals surface area contributed by atoms with E-state index in [1.165, 1.54) is 12.1 Å². The average Bonchev–Trinajstić information content (AvgIpc) is 3.14. The van der Waals surface area contributed by atoms with Gasteiger partial charge in [0.05, 0.1) is 16.8 Å². The van der Waals surface area contributed by atoms with Crippen molar-refractivity contribution < 1.29 is 9.13 Å². The first kappa shape index (κ1) is 18.9. The summed E-state index contributed by atoms with van der Waals surface area (Å²) in [5, 5.41) is 7.87. The number of halogens is 4. The van der Waals surface area contributed by atoms with Gasteiger partial charge < -0.3 is 4.74 Å². The molecule has 0 aliphatic carbocycles. The van der Waals surface area contributed by atoms with Gasteiger partial charge in [-0.2, -0.15) is 5.10 Å². The Bertz CT molecular complexity index is 1140. The third kappa shape index (κ3) is 3.41. The molecule has 0 amide bonds. The molecule has 2 aliphatic heterocycles. The predicted molar refractivity (Wildman–Crippen MR) is 116 cm³/mol. The smallest absolute Gasteiger partial charge is 0.215 e. The lowest BCUT2D eigenvalue weighted by Gasteiger charge is -2.38. The Morgan fingerprint density at radius 2 is 1.79 bits per heavy atom. The zero-order chi connectivity index (χ0) is 20.1. The maximum atomic E-state index is 13.4. The molecule has 0 saturated carbocycles. The van der Waals surface area contributed by atoms with Gasteiger partial charge in [-0.3, -0.25) is 0 Å². The van der Waals surface area contributed by atoms with Crippen LogP contribution in [-0.4, -0.2) is 10.7 Å². The highest BCUT2D eigenvalue weighted by Crippen LogP contribution is 2.49. The van der Waals surface area contributed by atoms with Crippen LogP contribution in [0.15, 0.2) is 70.2 Å². The van der Waals surface area contributed by atoms with E-state index in [0.29, 0.717) is 16.5 Å². The molecule has 146 valence electrons. The number of benzene rings is 3. The summed E-state index contributed by atoms with van der Waals surface area (Å²) in [7, 11) is 0. The molecule has 2 atom stereocenters. The van der Waals surface area contributed by atoms with Crippen LogP contribution in [0, 0.1) is 5.82 Å². The molecule has 3 aromatic carbocycles. The number of hydrogen-bond acceptors (Lipinski definition) is 3. The fraction of sp³-hybridized carbons (Fsp3) is 0.136. The SMILES string of the molecule is Fc1ccc(C2=NN3C(C2)c2cc(Br)ccc2OC3c2ccc(Cl)cc2Cl)cc1. The second-order valence-corrected chi connectivity index (χ2v) is 8.73. The molecule has 29 heavy (non-hydrogen) atoms. The van der Waals surface area contributed by atoms with Crippen LogP contribution in [0.1, 0.15) is 35.4 Å². The molecule has 0 N–H and O–H groups in total. The van der Waals surface area contributed by atoms with Crippen molar-refractivity contribution in [1.29, 1.82) is 0 Å². The standard InChI is InChI=1S/C22H14BrCl2FN2O/c23-13-3-8-21-17(9-13)20-11-19(12-1-5-15(26)6-2-12)27-28(20)22(29-21)16-7-4-14(24)10-18(16)25/h1-10,20,22H,11H2. The minimum Gasteiger partial charge on any atom is -0.464 e. The summed E-state index contributed by atoms with van der Waals surface area (Å²) < 4.78 is 20.7. The molecular weight excluding hydrogens is 478 g/mol. The van der Waals surface area contributed by atoms with Gasteiger partial charge in [-0.25, -0.2) is 9.40 Å². The van der Waals surface area contributed by atoms with Gasteiger partial charge in [-0.1, -0.05) is 57.3 Å². The molecule has 3 aromatic rings. The summed E-state index contributed by atoms with van der Waals surface area (Å²) in [5.74, 6) is 0.523.